The maximum atomic E-state index is 8.71. The minimum Gasteiger partial charge on any atom is -0.395 e. The van der Waals surface area contributed by atoms with Gasteiger partial charge in [0, 0.05) is 32.7 Å². The average molecular weight is 215 g/mol. The Bertz CT molecular complexity index is 149. The van der Waals surface area contributed by atoms with Crippen molar-refractivity contribution in [1.29, 1.82) is 0 Å². The first-order valence-electron chi connectivity index (χ1n) is 6.05. The summed E-state index contributed by atoms with van der Waals surface area (Å²) in [7, 11) is 2.04. The van der Waals surface area contributed by atoms with Crippen LogP contribution >= 0.6 is 0 Å². The maximum Gasteiger partial charge on any atom is 0.0558 e. The Morgan fingerprint density at radius 1 is 1.20 bits per heavy atom. The third-order valence-electron chi connectivity index (χ3n) is 2.96. The maximum absolute atomic E-state index is 8.71. The fourth-order valence-corrected chi connectivity index (χ4v) is 1.92. The van der Waals surface area contributed by atoms with Crippen LogP contribution in [0.3, 0.4) is 0 Å². The van der Waals surface area contributed by atoms with E-state index in [0.29, 0.717) is 0 Å². The van der Waals surface area contributed by atoms with Crippen LogP contribution in [0.25, 0.3) is 0 Å². The topological polar surface area (TPSA) is 38.7 Å². The monoisotopic (exact) mass is 215 g/mol. The highest BCUT2D eigenvalue weighted by Crippen LogP contribution is 2.05. The van der Waals surface area contributed by atoms with Crippen LogP contribution in [0.1, 0.15) is 12.8 Å². The van der Waals surface area contributed by atoms with Gasteiger partial charge in [0.15, 0.2) is 0 Å². The number of nitrogens with one attached hydrogen (secondary N) is 1. The molecular formula is C11H25N3O. The zero-order valence-electron chi connectivity index (χ0n) is 9.91. The van der Waals surface area contributed by atoms with E-state index in [-0.39, 0.29) is 6.61 Å². The normalized spacial score (nSPS) is 17.8. The Balaban J connectivity index is 1.84. The van der Waals surface area contributed by atoms with Crippen molar-refractivity contribution in [2.75, 3.05) is 59.5 Å². The van der Waals surface area contributed by atoms with Gasteiger partial charge in [-0.05, 0) is 33.0 Å². The number of rotatable bonds is 8. The SMILES string of the molecule is CN(CCO)CCNCCN1CCCC1. The minimum atomic E-state index is 0.254. The molecule has 90 valence electrons. The van der Waals surface area contributed by atoms with E-state index >= 15 is 0 Å². The van der Waals surface area contributed by atoms with Crippen LogP contribution in [0.15, 0.2) is 0 Å². The van der Waals surface area contributed by atoms with Crippen LogP contribution in [0, 0.1) is 0 Å². The molecule has 0 saturated carbocycles. The Morgan fingerprint density at radius 3 is 2.60 bits per heavy atom. The highest BCUT2D eigenvalue weighted by atomic mass is 16.3. The Hall–Kier alpha value is -0.160. The molecule has 0 unspecified atom stereocenters. The largest absolute Gasteiger partial charge is 0.395 e. The summed E-state index contributed by atoms with van der Waals surface area (Å²) < 4.78 is 0. The van der Waals surface area contributed by atoms with E-state index in [1.807, 2.05) is 7.05 Å². The van der Waals surface area contributed by atoms with Gasteiger partial charge in [0.1, 0.15) is 0 Å². The molecule has 0 radical (unpaired) electrons. The van der Waals surface area contributed by atoms with Gasteiger partial charge in [-0.25, -0.2) is 0 Å². The van der Waals surface area contributed by atoms with Gasteiger partial charge in [-0.2, -0.15) is 0 Å². The predicted molar refractivity (Wildman–Crippen MR) is 63.1 cm³/mol. The molecule has 1 fully saturated rings. The molecule has 1 heterocycles. The van der Waals surface area contributed by atoms with Crippen LogP contribution in [-0.4, -0.2) is 74.4 Å². The molecule has 2 N–H and O–H groups in total. The van der Waals surface area contributed by atoms with Crippen molar-refractivity contribution < 1.29 is 5.11 Å². The molecule has 0 spiro atoms. The third kappa shape index (κ3) is 6.10. The second-order valence-corrected chi connectivity index (χ2v) is 4.33. The molecule has 15 heavy (non-hydrogen) atoms. The molecule has 4 heteroatoms. The van der Waals surface area contributed by atoms with E-state index in [1.54, 1.807) is 0 Å². The fraction of sp³-hybridized carbons (Fsp3) is 1.00. The number of aliphatic hydroxyl groups is 1. The molecule has 0 aromatic carbocycles. The smallest absolute Gasteiger partial charge is 0.0558 e. The molecule has 0 bridgehead atoms. The lowest BCUT2D eigenvalue weighted by molar-refractivity contribution is 0.221. The number of hydrogen-bond acceptors (Lipinski definition) is 4. The van der Waals surface area contributed by atoms with Gasteiger partial charge < -0.3 is 20.2 Å². The molecule has 0 atom stereocenters. The third-order valence-corrected chi connectivity index (χ3v) is 2.96. The summed E-state index contributed by atoms with van der Waals surface area (Å²) in [6.45, 7) is 7.90. The number of likely N-dealkylation sites (tertiary alicyclic amines) is 1. The lowest BCUT2D eigenvalue weighted by atomic mass is 10.4. The number of likely N-dealkylation sites (N-methyl/N-ethyl adjacent to an activating group) is 1. The summed E-state index contributed by atoms with van der Waals surface area (Å²) in [6.07, 6.45) is 2.75. The standard InChI is InChI=1S/C11H25N3O/c1-13(10-11-15)8-4-12-5-9-14-6-2-3-7-14/h12,15H,2-11H2,1H3. The van der Waals surface area contributed by atoms with Gasteiger partial charge in [0.05, 0.1) is 6.61 Å². The van der Waals surface area contributed by atoms with E-state index in [4.69, 9.17) is 5.11 Å². The quantitative estimate of drug-likeness (QED) is 0.540. The lowest BCUT2D eigenvalue weighted by Gasteiger charge is -2.17. The number of aliphatic hydroxyl groups excluding tert-OH is 1. The molecule has 1 aliphatic heterocycles. The van der Waals surface area contributed by atoms with E-state index in [2.05, 4.69) is 15.1 Å². The summed E-state index contributed by atoms with van der Waals surface area (Å²) >= 11 is 0. The molecule has 1 rings (SSSR count). The molecular weight excluding hydrogens is 190 g/mol. The van der Waals surface area contributed by atoms with Gasteiger partial charge in [-0.15, -0.1) is 0 Å². The van der Waals surface area contributed by atoms with Crippen molar-refractivity contribution >= 4 is 0 Å². The fourth-order valence-electron chi connectivity index (χ4n) is 1.92. The summed E-state index contributed by atoms with van der Waals surface area (Å²) in [5, 5.41) is 12.2. The second-order valence-electron chi connectivity index (χ2n) is 4.33. The summed E-state index contributed by atoms with van der Waals surface area (Å²) in [4.78, 5) is 4.66. The van der Waals surface area contributed by atoms with Crippen LogP contribution in [0.5, 0.6) is 0 Å². The van der Waals surface area contributed by atoms with E-state index in [9.17, 15) is 0 Å². The Morgan fingerprint density at radius 2 is 1.93 bits per heavy atom. The molecule has 1 saturated heterocycles. The average Bonchev–Trinajstić information content (AvgIpc) is 2.70. The van der Waals surface area contributed by atoms with Gasteiger partial charge in [0.25, 0.3) is 0 Å². The van der Waals surface area contributed by atoms with E-state index in [1.165, 1.54) is 32.5 Å². The summed E-state index contributed by atoms with van der Waals surface area (Å²) in [6, 6.07) is 0. The summed E-state index contributed by atoms with van der Waals surface area (Å²) in [5.74, 6) is 0. The lowest BCUT2D eigenvalue weighted by Crippen LogP contribution is -2.35. The molecule has 0 aromatic heterocycles. The van der Waals surface area contributed by atoms with Crippen molar-refractivity contribution in [3.63, 3.8) is 0 Å². The van der Waals surface area contributed by atoms with Crippen molar-refractivity contribution in [3.8, 4) is 0 Å². The summed E-state index contributed by atoms with van der Waals surface area (Å²) in [5.41, 5.74) is 0. The first-order chi connectivity index (χ1) is 7.33. The first-order valence-corrected chi connectivity index (χ1v) is 6.05. The van der Waals surface area contributed by atoms with Crippen LogP contribution in [0.4, 0.5) is 0 Å². The second kappa shape index (κ2) is 8.05. The van der Waals surface area contributed by atoms with E-state index in [0.717, 1.165) is 26.2 Å². The first kappa shape index (κ1) is 12.9. The van der Waals surface area contributed by atoms with E-state index < -0.39 is 0 Å². The minimum absolute atomic E-state index is 0.254. The van der Waals surface area contributed by atoms with Gasteiger partial charge in [0.2, 0.25) is 0 Å². The molecule has 0 aromatic rings. The Labute approximate surface area is 93.2 Å². The predicted octanol–water partition coefficient (Wildman–Crippen LogP) is -0.404. The van der Waals surface area contributed by atoms with Crippen molar-refractivity contribution in [1.82, 2.24) is 15.1 Å². The van der Waals surface area contributed by atoms with Crippen molar-refractivity contribution in [2.24, 2.45) is 0 Å². The Kier molecular flexibility index (Phi) is 6.92. The molecule has 1 aliphatic rings. The van der Waals surface area contributed by atoms with Crippen molar-refractivity contribution in [3.05, 3.63) is 0 Å². The zero-order chi connectivity index (χ0) is 10.9. The zero-order valence-corrected chi connectivity index (χ0v) is 9.91. The highest BCUT2D eigenvalue weighted by molar-refractivity contribution is 4.67. The molecule has 0 amide bonds. The van der Waals surface area contributed by atoms with Gasteiger partial charge in [-0.1, -0.05) is 0 Å². The number of hydrogen-bond donors (Lipinski definition) is 2. The van der Waals surface area contributed by atoms with Crippen LogP contribution in [0.2, 0.25) is 0 Å². The number of nitrogens with zero attached hydrogens (tertiary/aromatic N) is 2. The highest BCUT2D eigenvalue weighted by Gasteiger charge is 2.09. The molecule has 0 aliphatic carbocycles. The van der Waals surface area contributed by atoms with Crippen molar-refractivity contribution in [2.45, 2.75) is 12.8 Å². The van der Waals surface area contributed by atoms with Gasteiger partial charge in [-0.3, -0.25) is 0 Å². The van der Waals surface area contributed by atoms with Crippen LogP contribution in [-0.2, 0) is 0 Å². The molecule has 4 nitrogen and oxygen atoms in total. The van der Waals surface area contributed by atoms with Gasteiger partial charge >= 0.3 is 0 Å². The van der Waals surface area contributed by atoms with Crippen LogP contribution < -0.4 is 5.32 Å².